The monoisotopic (exact) mass is 424 g/mol. The molecule has 0 N–H and O–H groups in total. The van der Waals surface area contributed by atoms with Gasteiger partial charge in [-0.05, 0) is 38.5 Å². The Hall–Kier alpha value is -0.650. The molecule has 3 aliphatic heterocycles. The largest absolute Gasteiger partial charge is 0.463 e. The van der Waals surface area contributed by atoms with Gasteiger partial charge in [-0.1, -0.05) is 58.8 Å². The van der Waals surface area contributed by atoms with Crippen LogP contribution in [0, 0.1) is 0 Å². The molecule has 5 heteroatoms. The number of carbonyl (C=O) groups is 1. The number of carbonyl (C=O) groups excluding carboxylic acids is 1. The smallest absolute Gasteiger partial charge is 0.305 e. The zero-order valence-corrected chi connectivity index (χ0v) is 19.3. The molecule has 6 unspecified atom stereocenters. The molecule has 5 nitrogen and oxygen atoms in total. The molecule has 0 spiro atoms. The lowest BCUT2D eigenvalue weighted by atomic mass is 10.0. The van der Waals surface area contributed by atoms with Crippen molar-refractivity contribution in [1.29, 1.82) is 0 Å². The van der Waals surface area contributed by atoms with E-state index in [-0.39, 0.29) is 12.1 Å². The summed E-state index contributed by atoms with van der Waals surface area (Å²) >= 11 is 0. The fourth-order valence-electron chi connectivity index (χ4n) is 4.71. The van der Waals surface area contributed by atoms with E-state index in [9.17, 15) is 4.79 Å². The average Bonchev–Trinajstić information content (AvgIpc) is 3.62. The average molecular weight is 425 g/mol. The summed E-state index contributed by atoms with van der Waals surface area (Å²) in [5.41, 5.74) is 0. The summed E-state index contributed by atoms with van der Waals surface area (Å²) in [6.45, 7) is 4.82. The number of hydrogen-bond donors (Lipinski definition) is 0. The second kappa shape index (κ2) is 13.0. The number of unbranched alkanes of at least 4 members (excludes halogenated alkanes) is 6. The minimum Gasteiger partial charge on any atom is -0.463 e. The maximum Gasteiger partial charge on any atom is 0.305 e. The quantitative estimate of drug-likeness (QED) is 0.170. The maximum absolute atomic E-state index is 11.9. The summed E-state index contributed by atoms with van der Waals surface area (Å²) in [4.78, 5) is 11.9. The van der Waals surface area contributed by atoms with Gasteiger partial charge in [0.25, 0.3) is 0 Å². The summed E-state index contributed by atoms with van der Waals surface area (Å²) in [6.07, 6.45) is 19.2. The molecule has 0 saturated carbocycles. The van der Waals surface area contributed by atoms with Gasteiger partial charge in [-0.15, -0.1) is 0 Å². The Kier molecular flexibility index (Phi) is 10.4. The lowest BCUT2D eigenvalue weighted by Crippen LogP contribution is -2.19. The van der Waals surface area contributed by atoms with Gasteiger partial charge >= 0.3 is 5.97 Å². The molecule has 0 aromatic heterocycles. The Bertz CT molecular complexity index is 496. The Balaban J connectivity index is 1.07. The predicted octanol–water partition coefficient (Wildman–Crippen LogP) is 5.72. The van der Waals surface area contributed by atoms with Crippen molar-refractivity contribution in [3.63, 3.8) is 0 Å². The van der Waals surface area contributed by atoms with Gasteiger partial charge in [0, 0.05) is 12.8 Å². The van der Waals surface area contributed by atoms with Gasteiger partial charge in [-0.2, -0.15) is 0 Å². The Labute approximate surface area is 183 Å². The highest BCUT2D eigenvalue weighted by molar-refractivity contribution is 5.69. The molecule has 3 saturated heterocycles. The van der Waals surface area contributed by atoms with Crippen molar-refractivity contribution in [2.45, 2.75) is 147 Å². The normalized spacial score (nSPS) is 32.3. The molecule has 3 fully saturated rings. The predicted molar refractivity (Wildman–Crippen MR) is 118 cm³/mol. The number of rotatable bonds is 17. The maximum atomic E-state index is 11.9. The van der Waals surface area contributed by atoms with Gasteiger partial charge in [0.15, 0.2) is 0 Å². The van der Waals surface area contributed by atoms with Crippen LogP contribution >= 0.6 is 0 Å². The lowest BCUT2D eigenvalue weighted by Gasteiger charge is -2.12. The summed E-state index contributed by atoms with van der Waals surface area (Å²) in [7, 11) is 0. The van der Waals surface area contributed by atoms with Crippen molar-refractivity contribution in [2.75, 3.05) is 6.61 Å². The molecule has 6 atom stereocenters. The van der Waals surface area contributed by atoms with Crippen LogP contribution in [0.15, 0.2) is 0 Å². The van der Waals surface area contributed by atoms with Crippen molar-refractivity contribution in [3.8, 4) is 0 Å². The number of esters is 1. The first-order valence-corrected chi connectivity index (χ1v) is 12.8. The molecule has 3 rings (SSSR count). The van der Waals surface area contributed by atoms with Crippen LogP contribution < -0.4 is 0 Å². The van der Waals surface area contributed by atoms with Gasteiger partial charge in [0.2, 0.25) is 0 Å². The third-order valence-corrected chi connectivity index (χ3v) is 6.88. The molecule has 0 aliphatic carbocycles. The van der Waals surface area contributed by atoms with Gasteiger partial charge in [0.05, 0.1) is 36.6 Å². The van der Waals surface area contributed by atoms with Gasteiger partial charge in [0.1, 0.15) is 6.61 Å². The van der Waals surface area contributed by atoms with Crippen molar-refractivity contribution < 1.29 is 23.7 Å². The highest BCUT2D eigenvalue weighted by Gasteiger charge is 2.47. The molecular weight excluding hydrogens is 380 g/mol. The van der Waals surface area contributed by atoms with E-state index in [2.05, 4.69) is 13.8 Å². The fourth-order valence-corrected chi connectivity index (χ4v) is 4.71. The molecular formula is C25H44O5. The topological polar surface area (TPSA) is 60.6 Å². The molecule has 0 aromatic rings. The van der Waals surface area contributed by atoms with Crippen molar-refractivity contribution in [2.24, 2.45) is 0 Å². The van der Waals surface area contributed by atoms with Crippen LogP contribution in [0.4, 0.5) is 0 Å². The fraction of sp³-hybridized carbons (Fsp3) is 0.960. The minimum absolute atomic E-state index is 0.0666. The van der Waals surface area contributed by atoms with Crippen molar-refractivity contribution >= 4 is 5.97 Å². The summed E-state index contributed by atoms with van der Waals surface area (Å²) in [5.74, 6) is -0.0666. The van der Waals surface area contributed by atoms with Crippen LogP contribution in [-0.4, -0.2) is 49.2 Å². The van der Waals surface area contributed by atoms with E-state index in [0.717, 1.165) is 38.5 Å². The molecule has 0 aromatic carbocycles. The Morgan fingerprint density at radius 1 is 0.767 bits per heavy atom. The number of epoxide rings is 2. The van der Waals surface area contributed by atoms with E-state index in [1.165, 1.54) is 51.4 Å². The molecule has 0 bridgehead atoms. The van der Waals surface area contributed by atoms with Crippen LogP contribution in [-0.2, 0) is 23.7 Å². The molecule has 0 amide bonds. The molecule has 0 radical (unpaired) electrons. The van der Waals surface area contributed by atoms with Crippen molar-refractivity contribution in [3.05, 3.63) is 0 Å². The van der Waals surface area contributed by atoms with Gasteiger partial charge < -0.3 is 18.9 Å². The Morgan fingerprint density at radius 2 is 1.40 bits per heavy atom. The zero-order valence-electron chi connectivity index (χ0n) is 19.3. The third-order valence-electron chi connectivity index (χ3n) is 6.88. The van der Waals surface area contributed by atoms with E-state index >= 15 is 0 Å². The van der Waals surface area contributed by atoms with Crippen LogP contribution in [0.3, 0.4) is 0 Å². The zero-order chi connectivity index (χ0) is 21.2. The van der Waals surface area contributed by atoms with E-state index in [0.29, 0.717) is 43.5 Å². The number of hydrogen-bond acceptors (Lipinski definition) is 5. The van der Waals surface area contributed by atoms with Crippen LogP contribution in [0.25, 0.3) is 0 Å². The van der Waals surface area contributed by atoms with Gasteiger partial charge in [-0.3, -0.25) is 4.79 Å². The SMILES string of the molecule is CCCCCC1OC1CC1OC1CCCCCCCC(=O)OCC1CCC(CC)O1. The molecule has 3 heterocycles. The van der Waals surface area contributed by atoms with E-state index < -0.39 is 0 Å². The van der Waals surface area contributed by atoms with Crippen molar-refractivity contribution in [1.82, 2.24) is 0 Å². The first kappa shape index (κ1) is 24.0. The summed E-state index contributed by atoms with van der Waals surface area (Å²) in [5, 5.41) is 0. The van der Waals surface area contributed by atoms with Crippen LogP contribution in [0.2, 0.25) is 0 Å². The second-order valence-electron chi connectivity index (χ2n) is 9.51. The highest BCUT2D eigenvalue weighted by Crippen LogP contribution is 2.39. The summed E-state index contributed by atoms with van der Waals surface area (Å²) < 4.78 is 22.8. The molecule has 30 heavy (non-hydrogen) atoms. The summed E-state index contributed by atoms with van der Waals surface area (Å²) in [6, 6.07) is 0. The first-order valence-electron chi connectivity index (χ1n) is 12.8. The first-order chi connectivity index (χ1) is 14.7. The minimum atomic E-state index is -0.0666. The lowest BCUT2D eigenvalue weighted by molar-refractivity contribution is -0.147. The highest BCUT2D eigenvalue weighted by atomic mass is 16.6. The molecule has 3 aliphatic rings. The van der Waals surface area contributed by atoms with E-state index in [1.54, 1.807) is 0 Å². The standard InChI is InChI=1S/C25H44O5/c1-3-5-9-12-21-23(29-21)17-24-22(30-24)13-10-7-6-8-11-14-25(26)27-18-20-16-15-19(4-2)28-20/h19-24H,3-18H2,1-2H3. The van der Waals surface area contributed by atoms with Crippen LogP contribution in [0.5, 0.6) is 0 Å². The Morgan fingerprint density at radius 3 is 2.07 bits per heavy atom. The third kappa shape index (κ3) is 8.84. The van der Waals surface area contributed by atoms with E-state index in [4.69, 9.17) is 18.9 Å². The van der Waals surface area contributed by atoms with E-state index in [1.807, 2.05) is 0 Å². The van der Waals surface area contributed by atoms with Crippen LogP contribution in [0.1, 0.15) is 110 Å². The molecule has 174 valence electrons. The van der Waals surface area contributed by atoms with Gasteiger partial charge in [-0.25, -0.2) is 0 Å². The number of ether oxygens (including phenoxy) is 4. The second-order valence-corrected chi connectivity index (χ2v) is 9.51.